The molecule has 0 radical (unpaired) electrons. The van der Waals surface area contributed by atoms with Crippen LogP contribution in [0.5, 0.6) is 0 Å². The first-order valence-corrected chi connectivity index (χ1v) is 17.2. The zero-order valence-electron chi connectivity index (χ0n) is 31.4. The molecule has 16 nitrogen and oxygen atoms in total. The minimum absolute atomic E-state index is 0. The number of hydrogen-bond acceptors (Lipinski definition) is 12. The molecule has 4 N–H and O–H groups in total. The molecular weight excluding hydrogens is 802 g/mol. The quantitative estimate of drug-likeness (QED) is 0.135. The van der Waals surface area contributed by atoms with Gasteiger partial charge in [-0.1, -0.05) is 166 Å². The van der Waals surface area contributed by atoms with Gasteiger partial charge in [0, 0.05) is 24.8 Å². The first kappa shape index (κ1) is 45.4. The third-order valence-electron chi connectivity index (χ3n) is 7.18. The molecule has 0 amide bonds. The summed E-state index contributed by atoms with van der Waals surface area (Å²) in [6.07, 6.45) is 12.9. The van der Waals surface area contributed by atoms with Gasteiger partial charge < -0.3 is 19.8 Å². The van der Waals surface area contributed by atoms with E-state index in [0.29, 0.717) is 0 Å². The van der Waals surface area contributed by atoms with Crippen LogP contribution >= 0.6 is 0 Å². The predicted octanol–water partition coefficient (Wildman–Crippen LogP) is 4.32. The molecule has 0 aliphatic carbocycles. The first-order valence-electron chi connectivity index (χ1n) is 17.2. The Kier molecular flexibility index (Phi) is 21.2. The molecule has 0 atom stereocenters. The number of carbonyl (C=O) groups excluding carboxylic acids is 2. The Morgan fingerprint density at radius 2 is 0.559 bits per heavy atom. The maximum atomic E-state index is 10.2. The number of aromatic amines is 4. The molecule has 4 heterocycles. The molecule has 17 heteroatoms. The van der Waals surface area contributed by atoms with Crippen molar-refractivity contribution in [3.05, 3.63) is 229 Å². The molecule has 0 spiro atoms. The molecular formula is C42H36N12O4Zn. The number of benzene rings is 5. The molecule has 4 aromatic heterocycles. The number of carboxylic acid groups (broad SMARTS) is 2. The molecule has 5 aromatic carbocycles. The predicted molar refractivity (Wildman–Crippen MR) is 211 cm³/mol. The summed E-state index contributed by atoms with van der Waals surface area (Å²) in [5.41, 5.74) is 7.29. The van der Waals surface area contributed by atoms with E-state index in [0.717, 1.165) is 24.3 Å². The fourth-order valence-electron chi connectivity index (χ4n) is 4.74. The molecule has 290 valence electrons. The van der Waals surface area contributed by atoms with E-state index in [2.05, 4.69) is 183 Å². The van der Waals surface area contributed by atoms with E-state index in [-0.39, 0.29) is 30.6 Å². The molecule has 0 aliphatic heterocycles. The van der Waals surface area contributed by atoms with E-state index >= 15 is 0 Å². The number of nitrogens with zero attached hydrogens (tertiary/aromatic N) is 8. The van der Waals surface area contributed by atoms with Crippen LogP contribution in [0.3, 0.4) is 0 Å². The van der Waals surface area contributed by atoms with Gasteiger partial charge in [0.15, 0.2) is 0 Å². The zero-order chi connectivity index (χ0) is 40.9. The van der Waals surface area contributed by atoms with E-state index < -0.39 is 11.9 Å². The molecule has 0 saturated heterocycles. The van der Waals surface area contributed by atoms with Crippen LogP contribution in [0.1, 0.15) is 43.0 Å². The van der Waals surface area contributed by atoms with E-state index in [1.54, 1.807) is 49.6 Å². The van der Waals surface area contributed by atoms with Gasteiger partial charge in [-0.3, -0.25) is 20.4 Å². The molecule has 0 aliphatic rings. The van der Waals surface area contributed by atoms with Crippen molar-refractivity contribution in [2.75, 3.05) is 0 Å². The maximum absolute atomic E-state index is 10.2. The fraction of sp³-hybridized carbons (Fsp3) is 0. The van der Waals surface area contributed by atoms with Crippen LogP contribution in [0.25, 0.3) is 11.1 Å². The summed E-state index contributed by atoms with van der Waals surface area (Å²) in [5, 5.41) is 57.5. The van der Waals surface area contributed by atoms with E-state index in [4.69, 9.17) is 0 Å². The third kappa shape index (κ3) is 17.1. The minimum atomic E-state index is -1.33. The molecule has 9 rings (SSSR count). The van der Waals surface area contributed by atoms with Crippen LogP contribution in [-0.4, -0.2) is 73.6 Å². The number of aromatic carboxylic acids is 2. The van der Waals surface area contributed by atoms with Gasteiger partial charge in [0.2, 0.25) is 0 Å². The van der Waals surface area contributed by atoms with Crippen LogP contribution in [-0.2, 0) is 19.5 Å². The van der Waals surface area contributed by atoms with E-state index in [9.17, 15) is 19.8 Å². The van der Waals surface area contributed by atoms with Gasteiger partial charge in [-0.05, 0) is 44.5 Å². The Morgan fingerprint density at radius 1 is 0.339 bits per heavy atom. The smallest absolute Gasteiger partial charge is 0.545 e. The van der Waals surface area contributed by atoms with Crippen molar-refractivity contribution >= 4 is 23.1 Å². The van der Waals surface area contributed by atoms with Crippen molar-refractivity contribution in [3.8, 4) is 0 Å². The van der Waals surface area contributed by atoms with Crippen molar-refractivity contribution in [1.29, 1.82) is 0 Å². The third-order valence-corrected chi connectivity index (χ3v) is 7.18. The summed E-state index contributed by atoms with van der Waals surface area (Å²) in [7, 11) is 0. The molecule has 0 fully saturated rings. The van der Waals surface area contributed by atoms with Crippen molar-refractivity contribution in [3.63, 3.8) is 0 Å². The number of aromatic nitrogens is 12. The summed E-state index contributed by atoms with van der Waals surface area (Å²) >= 11 is 0. The summed E-state index contributed by atoms with van der Waals surface area (Å²) in [6, 6.07) is 47.2. The summed E-state index contributed by atoms with van der Waals surface area (Å²) in [4.78, 5) is 20.4. The second kappa shape index (κ2) is 27.5. The maximum Gasteiger partial charge on any atom is 2.00 e. The summed E-state index contributed by atoms with van der Waals surface area (Å²) < 4.78 is 0. The largest absolute Gasteiger partial charge is 2.00 e. The number of carbonyl (C=O) groups is 2. The molecule has 0 bridgehead atoms. The SMILES string of the molecule is O=C([O-])c1ccc(C(=O)[O-])cc1.[Zn+2].c1c[nH]nn1.c1c[nH]nn1.c1c[nH]nn1.c1c[nH]nn1.c1ccc(C(=C(c2ccccc2)c2ccccc2)c2ccccc2)cc1. The fourth-order valence-corrected chi connectivity index (χ4v) is 4.74. The standard InChI is InChI=1S/C26H20.C8H6O4.4C2H3N3.Zn/c1-5-13-21(14-6-1)25(22-15-7-2-8-16-22)26(23-17-9-3-10-18-23)24-19-11-4-12-20-24;9-7(10)5-1-2-6(4-3-5)8(11)12;4*1-2-4-5-3-1;/h1-20H;1-4H,(H,9,10)(H,11,12);4*1-2H,(H,3,4,5);/q;;;;;;+2/p-2. The van der Waals surface area contributed by atoms with Crippen LogP contribution in [0.2, 0.25) is 0 Å². The van der Waals surface area contributed by atoms with Crippen molar-refractivity contribution in [2.24, 2.45) is 0 Å². The second-order valence-electron chi connectivity index (χ2n) is 11.0. The molecule has 9 aromatic rings. The zero-order valence-corrected chi connectivity index (χ0v) is 34.4. The van der Waals surface area contributed by atoms with Crippen molar-refractivity contribution in [2.45, 2.75) is 0 Å². The van der Waals surface area contributed by atoms with Gasteiger partial charge in [0.05, 0.1) is 36.7 Å². The van der Waals surface area contributed by atoms with Gasteiger partial charge in [-0.2, -0.15) is 0 Å². The Morgan fingerprint density at radius 3 is 0.695 bits per heavy atom. The average molecular weight is 838 g/mol. The van der Waals surface area contributed by atoms with E-state index in [1.807, 2.05) is 0 Å². The van der Waals surface area contributed by atoms with Gasteiger partial charge in [-0.25, -0.2) is 0 Å². The Labute approximate surface area is 351 Å². The topological polar surface area (TPSA) is 247 Å². The van der Waals surface area contributed by atoms with Gasteiger partial charge in [0.1, 0.15) is 0 Å². The molecule has 0 saturated carbocycles. The Balaban J connectivity index is 0.000000229. The number of H-pyrrole nitrogens is 4. The van der Waals surface area contributed by atoms with Crippen LogP contribution in [0, 0.1) is 0 Å². The number of nitrogens with one attached hydrogen (secondary N) is 4. The monoisotopic (exact) mass is 836 g/mol. The minimum Gasteiger partial charge on any atom is -0.545 e. The van der Waals surface area contributed by atoms with Crippen LogP contribution < -0.4 is 10.2 Å². The van der Waals surface area contributed by atoms with Crippen LogP contribution in [0.15, 0.2) is 195 Å². The van der Waals surface area contributed by atoms with Gasteiger partial charge in [-0.15, -0.1) is 20.4 Å². The number of carboxylic acids is 2. The normalized spacial score (nSPS) is 9.15. The molecule has 0 unspecified atom stereocenters. The summed E-state index contributed by atoms with van der Waals surface area (Å²) in [6.45, 7) is 0. The van der Waals surface area contributed by atoms with Crippen LogP contribution in [0.4, 0.5) is 0 Å². The molecule has 59 heavy (non-hydrogen) atoms. The number of rotatable bonds is 6. The Bertz CT molecular complexity index is 1990. The first-order chi connectivity index (χ1) is 28.5. The summed E-state index contributed by atoms with van der Waals surface area (Å²) in [5.74, 6) is -2.67. The second-order valence-corrected chi connectivity index (χ2v) is 11.0. The van der Waals surface area contributed by atoms with E-state index in [1.165, 1.54) is 33.4 Å². The van der Waals surface area contributed by atoms with Gasteiger partial charge in [0.25, 0.3) is 0 Å². The van der Waals surface area contributed by atoms with Gasteiger partial charge >= 0.3 is 19.5 Å². The van der Waals surface area contributed by atoms with Crippen molar-refractivity contribution < 1.29 is 39.3 Å². The van der Waals surface area contributed by atoms with Crippen molar-refractivity contribution in [1.82, 2.24) is 61.6 Å². The number of hydrogen-bond donors (Lipinski definition) is 4. The average Bonchev–Trinajstić information content (AvgIpc) is 4.15. The Hall–Kier alpha value is -8.04.